The number of aromatic nitrogens is 4. The summed E-state index contributed by atoms with van der Waals surface area (Å²) in [5.74, 6) is -0.387. The molecule has 8 bridgehead atoms. The van der Waals surface area contributed by atoms with E-state index in [2.05, 4.69) is 185 Å². The molecule has 6 aromatic carbocycles. The fourth-order valence-corrected chi connectivity index (χ4v) is 8.90. The standard InChI is InChI=1S/C58H41N5O2/c1-65-58(64)42-24-22-40(23-25-42)56-50-34-30-46(59-50)54(38-14-6-2-7-15-38)48-32-36-52(61-48)57(53-37-33-49(62-53)55(39-16-8-3-9-17-39)47-31-35-51(56)60-47)41-26-28-45(29-27-41)63(43-18-10-4-11-19-43)44-20-12-5-13-21-44/h2-37,59,62H,1H3. The minimum Gasteiger partial charge on any atom is -0.465 e. The maximum Gasteiger partial charge on any atom is 0.337 e. The van der Waals surface area contributed by atoms with Crippen LogP contribution in [0.25, 0.3) is 90.9 Å². The molecule has 0 saturated heterocycles. The Labute approximate surface area is 376 Å². The van der Waals surface area contributed by atoms with Crippen LogP contribution in [0.15, 0.2) is 194 Å². The molecule has 7 nitrogen and oxygen atoms in total. The van der Waals surface area contributed by atoms with Gasteiger partial charge < -0.3 is 19.6 Å². The predicted octanol–water partition coefficient (Wildman–Crippen LogP) is 14.6. The fraction of sp³-hybridized carbons (Fsp3) is 0.0172. The molecule has 2 N–H and O–H groups in total. The van der Waals surface area contributed by atoms with Gasteiger partial charge in [-0.05, 0) is 119 Å². The first kappa shape index (κ1) is 39.1. The van der Waals surface area contributed by atoms with E-state index >= 15 is 0 Å². The number of ether oxygens (including phenoxy) is 1. The number of carbonyl (C=O) groups is 1. The third-order valence-corrected chi connectivity index (χ3v) is 11.9. The molecule has 7 heteroatoms. The van der Waals surface area contributed by atoms with E-state index in [1.54, 1.807) is 12.1 Å². The molecular weight excluding hydrogens is 799 g/mol. The quantitative estimate of drug-likeness (QED) is 0.149. The van der Waals surface area contributed by atoms with Gasteiger partial charge in [-0.3, -0.25) is 0 Å². The topological polar surface area (TPSA) is 86.9 Å². The highest BCUT2D eigenvalue weighted by Crippen LogP contribution is 2.40. The third-order valence-electron chi connectivity index (χ3n) is 11.9. The van der Waals surface area contributed by atoms with Crippen molar-refractivity contribution in [3.8, 4) is 44.5 Å². The molecule has 11 rings (SSSR count). The summed E-state index contributed by atoms with van der Waals surface area (Å²) in [6, 6.07) is 66.4. The summed E-state index contributed by atoms with van der Waals surface area (Å²) in [5, 5.41) is 0. The minimum atomic E-state index is -0.387. The van der Waals surface area contributed by atoms with E-state index in [1.165, 1.54) is 7.11 Å². The minimum absolute atomic E-state index is 0.387. The average molecular weight is 840 g/mol. The Kier molecular flexibility index (Phi) is 10.1. The largest absolute Gasteiger partial charge is 0.465 e. The monoisotopic (exact) mass is 839 g/mol. The number of hydrogen-bond acceptors (Lipinski definition) is 5. The molecule has 0 atom stereocenters. The van der Waals surface area contributed by atoms with Crippen LogP contribution >= 0.6 is 0 Å². The number of rotatable bonds is 8. The molecule has 0 spiro atoms. The van der Waals surface area contributed by atoms with E-state index in [0.29, 0.717) is 5.56 Å². The number of nitrogens with one attached hydrogen (secondary N) is 2. The summed E-state index contributed by atoms with van der Waals surface area (Å²) in [5.41, 5.74) is 18.3. The second-order valence-corrected chi connectivity index (χ2v) is 15.9. The van der Waals surface area contributed by atoms with Crippen molar-refractivity contribution in [3.63, 3.8) is 0 Å². The number of methoxy groups -OCH3 is 1. The van der Waals surface area contributed by atoms with Crippen molar-refractivity contribution in [2.24, 2.45) is 0 Å². The lowest BCUT2D eigenvalue weighted by Crippen LogP contribution is -2.09. The molecule has 0 amide bonds. The van der Waals surface area contributed by atoms with Gasteiger partial charge in [-0.2, -0.15) is 0 Å². The van der Waals surface area contributed by atoms with Crippen LogP contribution in [-0.4, -0.2) is 33.0 Å². The summed E-state index contributed by atoms with van der Waals surface area (Å²) in [4.78, 5) is 33.3. The second-order valence-electron chi connectivity index (χ2n) is 15.9. The number of benzene rings is 6. The number of carbonyl (C=O) groups excluding carboxylic acids is 1. The predicted molar refractivity (Wildman–Crippen MR) is 267 cm³/mol. The summed E-state index contributed by atoms with van der Waals surface area (Å²) in [7, 11) is 1.39. The first-order valence-electron chi connectivity index (χ1n) is 21.6. The van der Waals surface area contributed by atoms with Gasteiger partial charge >= 0.3 is 5.97 Å². The third kappa shape index (κ3) is 7.41. The lowest BCUT2D eigenvalue weighted by molar-refractivity contribution is 0.0600. The zero-order valence-corrected chi connectivity index (χ0v) is 35.4. The van der Waals surface area contributed by atoms with E-state index in [0.717, 1.165) is 106 Å². The molecule has 0 unspecified atom stereocenters. The van der Waals surface area contributed by atoms with E-state index in [-0.39, 0.29) is 5.97 Å². The Morgan fingerprint density at radius 1 is 0.385 bits per heavy atom. The Morgan fingerprint density at radius 3 is 1.05 bits per heavy atom. The van der Waals surface area contributed by atoms with Crippen molar-refractivity contribution in [2.45, 2.75) is 0 Å². The van der Waals surface area contributed by atoms with Crippen LogP contribution in [0.1, 0.15) is 33.1 Å². The lowest BCUT2D eigenvalue weighted by Gasteiger charge is -2.25. The Hall–Kier alpha value is -8.81. The van der Waals surface area contributed by atoms with Crippen molar-refractivity contribution in [2.75, 3.05) is 12.0 Å². The summed E-state index contributed by atoms with van der Waals surface area (Å²) >= 11 is 0. The molecule has 0 fully saturated rings. The van der Waals surface area contributed by atoms with Crippen molar-refractivity contribution in [1.82, 2.24) is 19.9 Å². The molecular formula is C58H41N5O2. The van der Waals surface area contributed by atoms with Gasteiger partial charge in [0.05, 0.1) is 35.4 Å². The van der Waals surface area contributed by atoms with E-state index in [9.17, 15) is 4.79 Å². The van der Waals surface area contributed by atoms with E-state index in [1.807, 2.05) is 36.4 Å². The normalized spacial score (nSPS) is 11.7. The van der Waals surface area contributed by atoms with Crippen LogP contribution in [0.3, 0.4) is 0 Å². The van der Waals surface area contributed by atoms with E-state index in [4.69, 9.17) is 14.7 Å². The average Bonchev–Trinajstić information content (AvgIpc) is 4.22. The number of nitrogens with zero attached hydrogens (tertiary/aromatic N) is 3. The van der Waals surface area contributed by atoms with Crippen LogP contribution in [0.2, 0.25) is 0 Å². The number of para-hydroxylation sites is 2. The van der Waals surface area contributed by atoms with Crippen molar-refractivity contribution in [3.05, 3.63) is 222 Å². The molecule has 5 heterocycles. The number of H-pyrrole nitrogens is 2. The molecule has 0 aliphatic carbocycles. The molecule has 3 aromatic heterocycles. The van der Waals surface area contributed by atoms with Gasteiger partial charge in [0.2, 0.25) is 0 Å². The molecule has 0 saturated carbocycles. The van der Waals surface area contributed by atoms with Crippen LogP contribution in [0.4, 0.5) is 17.1 Å². The molecule has 2 aliphatic heterocycles. The number of anilines is 3. The smallest absolute Gasteiger partial charge is 0.337 e. The van der Waals surface area contributed by atoms with Gasteiger partial charge in [0.15, 0.2) is 0 Å². The fourth-order valence-electron chi connectivity index (χ4n) is 8.90. The van der Waals surface area contributed by atoms with Crippen molar-refractivity contribution < 1.29 is 9.53 Å². The summed E-state index contributed by atoms with van der Waals surface area (Å²) < 4.78 is 5.03. The number of aromatic amines is 2. The molecule has 65 heavy (non-hydrogen) atoms. The van der Waals surface area contributed by atoms with Gasteiger partial charge in [0.1, 0.15) is 0 Å². The number of esters is 1. The van der Waals surface area contributed by atoms with Crippen LogP contribution in [0, 0.1) is 0 Å². The number of fused-ring (bicyclic) bond motifs is 8. The SMILES string of the molecule is COC(=O)c1ccc(-c2c3nc(c(-c4ccccc4)c4ccc([nH]4)c(-c4ccc(N(c5ccccc5)c5ccccc5)cc4)c4nc(c(-c5ccccc5)c5ccc2[nH]5)C=C4)C=C3)cc1. The highest BCUT2D eigenvalue weighted by Gasteiger charge is 2.20. The Morgan fingerprint density at radius 2 is 0.692 bits per heavy atom. The molecule has 0 radical (unpaired) electrons. The van der Waals surface area contributed by atoms with Gasteiger partial charge in [0.25, 0.3) is 0 Å². The molecule has 310 valence electrons. The first-order chi connectivity index (χ1) is 32.1. The zero-order valence-electron chi connectivity index (χ0n) is 35.4. The highest BCUT2D eigenvalue weighted by molar-refractivity contribution is 6.00. The van der Waals surface area contributed by atoms with Gasteiger partial charge in [0, 0.05) is 61.4 Å². The first-order valence-corrected chi connectivity index (χ1v) is 21.6. The van der Waals surface area contributed by atoms with Crippen molar-refractivity contribution >= 4 is 69.4 Å². The van der Waals surface area contributed by atoms with E-state index < -0.39 is 0 Å². The Bertz CT molecular complexity index is 3370. The summed E-state index contributed by atoms with van der Waals surface area (Å²) in [6.07, 6.45) is 8.40. The van der Waals surface area contributed by atoms with Crippen LogP contribution in [-0.2, 0) is 4.74 Å². The molecule has 2 aliphatic rings. The van der Waals surface area contributed by atoms with Gasteiger partial charge in [-0.1, -0.05) is 121 Å². The highest BCUT2D eigenvalue weighted by atomic mass is 16.5. The Balaban J connectivity index is 1.20. The maximum absolute atomic E-state index is 12.5. The number of hydrogen-bond donors (Lipinski definition) is 2. The molecule has 9 aromatic rings. The second kappa shape index (κ2) is 16.8. The maximum atomic E-state index is 12.5. The summed E-state index contributed by atoms with van der Waals surface area (Å²) in [6.45, 7) is 0. The van der Waals surface area contributed by atoms with Crippen molar-refractivity contribution in [1.29, 1.82) is 0 Å². The van der Waals surface area contributed by atoms with Crippen LogP contribution < -0.4 is 4.90 Å². The van der Waals surface area contributed by atoms with Gasteiger partial charge in [-0.15, -0.1) is 0 Å². The van der Waals surface area contributed by atoms with Crippen LogP contribution in [0.5, 0.6) is 0 Å². The van der Waals surface area contributed by atoms with Gasteiger partial charge in [-0.25, -0.2) is 14.8 Å². The zero-order chi connectivity index (χ0) is 43.7. The lowest BCUT2D eigenvalue weighted by atomic mass is 10.0.